The minimum absolute atomic E-state index is 0.0326. The summed E-state index contributed by atoms with van der Waals surface area (Å²) < 4.78 is 0. The van der Waals surface area contributed by atoms with Crippen LogP contribution < -0.4 is 5.32 Å². The number of β-amino-alcohol motifs (C(OH)–C–C–N with tert-alkyl or cyclic N) is 1. The first-order chi connectivity index (χ1) is 8.38. The molecule has 0 spiro atoms. The van der Waals surface area contributed by atoms with Gasteiger partial charge in [-0.15, -0.1) is 0 Å². The Labute approximate surface area is 107 Å². The molecule has 4 N–H and O–H groups in total. The van der Waals surface area contributed by atoms with Gasteiger partial charge in [0.05, 0.1) is 11.6 Å². The van der Waals surface area contributed by atoms with Crippen LogP contribution in [-0.2, 0) is 0 Å². The van der Waals surface area contributed by atoms with E-state index in [-0.39, 0.29) is 11.3 Å². The first-order valence-corrected chi connectivity index (χ1v) is 6.10. The molecule has 1 aromatic heterocycles. The molecule has 0 aliphatic heterocycles. The number of aromatic nitrogens is 1. The first-order valence-electron chi connectivity index (χ1n) is 6.10. The van der Waals surface area contributed by atoms with Gasteiger partial charge in [-0.05, 0) is 38.5 Å². The van der Waals surface area contributed by atoms with Crippen LogP contribution in [0.25, 0.3) is 10.9 Å². The molecule has 98 valence electrons. The van der Waals surface area contributed by atoms with Gasteiger partial charge in [0.15, 0.2) is 0 Å². The number of nitrogens with one attached hydrogen (secondary N) is 2. The Bertz CT molecular complexity index is 540. The molecule has 2 aromatic rings. The van der Waals surface area contributed by atoms with Crippen molar-refractivity contribution in [2.24, 2.45) is 0 Å². The number of aromatic amines is 1. The van der Waals surface area contributed by atoms with Crippen LogP contribution in [0.15, 0.2) is 24.4 Å². The first kappa shape index (κ1) is 12.9. The van der Waals surface area contributed by atoms with Gasteiger partial charge in [-0.2, -0.15) is 0 Å². The highest BCUT2D eigenvalue weighted by molar-refractivity contribution is 5.88. The van der Waals surface area contributed by atoms with Crippen LogP contribution in [0.1, 0.15) is 32.4 Å². The van der Waals surface area contributed by atoms with Gasteiger partial charge in [-0.1, -0.05) is 6.07 Å². The minimum atomic E-state index is -0.594. The van der Waals surface area contributed by atoms with Crippen molar-refractivity contribution in [1.29, 1.82) is 0 Å². The van der Waals surface area contributed by atoms with Crippen LogP contribution in [0, 0.1) is 0 Å². The van der Waals surface area contributed by atoms with Gasteiger partial charge in [0, 0.05) is 23.7 Å². The van der Waals surface area contributed by atoms with Crippen molar-refractivity contribution in [2.75, 3.05) is 6.54 Å². The molecule has 0 aliphatic carbocycles. The third kappa shape index (κ3) is 2.66. The molecule has 1 heterocycles. The molecule has 0 aliphatic rings. The van der Waals surface area contributed by atoms with Crippen molar-refractivity contribution in [1.82, 2.24) is 10.3 Å². The van der Waals surface area contributed by atoms with Crippen LogP contribution in [0.2, 0.25) is 0 Å². The molecule has 0 amide bonds. The van der Waals surface area contributed by atoms with Gasteiger partial charge in [0.25, 0.3) is 0 Å². The van der Waals surface area contributed by atoms with E-state index in [1.165, 1.54) is 0 Å². The lowest BCUT2D eigenvalue weighted by molar-refractivity contribution is 0.164. The van der Waals surface area contributed by atoms with Crippen LogP contribution in [-0.4, -0.2) is 27.3 Å². The predicted molar refractivity (Wildman–Crippen MR) is 72.7 cm³/mol. The molecular formula is C14H20N2O2. The predicted octanol–water partition coefficient (Wildman–Crippen LogP) is 2.29. The van der Waals surface area contributed by atoms with Crippen LogP contribution in [0.3, 0.4) is 0 Å². The highest BCUT2D eigenvalue weighted by atomic mass is 16.3. The Balaban J connectivity index is 2.25. The Kier molecular flexibility index (Phi) is 3.32. The van der Waals surface area contributed by atoms with Crippen molar-refractivity contribution in [2.45, 2.75) is 32.4 Å². The van der Waals surface area contributed by atoms with Crippen molar-refractivity contribution in [3.63, 3.8) is 0 Å². The standard InChI is InChI=1S/C14H20N2O2/c1-14(2,3)16-8-12(18)9-4-5-11(17)13-10(9)6-7-15-13/h4-7,12,15-18H,8H2,1-3H3. The van der Waals surface area contributed by atoms with Crippen molar-refractivity contribution in [3.8, 4) is 5.75 Å². The lowest BCUT2D eigenvalue weighted by Gasteiger charge is -2.23. The molecule has 0 radical (unpaired) electrons. The number of aliphatic hydroxyl groups is 1. The normalized spacial score (nSPS) is 14.0. The molecule has 1 unspecified atom stereocenters. The number of benzene rings is 1. The molecule has 1 atom stereocenters. The number of aromatic hydroxyl groups is 1. The second-order valence-electron chi connectivity index (χ2n) is 5.59. The maximum absolute atomic E-state index is 10.2. The van der Waals surface area contributed by atoms with Crippen molar-refractivity contribution >= 4 is 10.9 Å². The maximum Gasteiger partial charge on any atom is 0.139 e. The zero-order valence-corrected chi connectivity index (χ0v) is 11.0. The lowest BCUT2D eigenvalue weighted by atomic mass is 10.0. The number of phenols is 1. The number of hydrogen-bond donors (Lipinski definition) is 4. The summed E-state index contributed by atoms with van der Waals surface area (Å²) in [7, 11) is 0. The second kappa shape index (κ2) is 4.63. The summed E-state index contributed by atoms with van der Waals surface area (Å²) in [4.78, 5) is 2.97. The highest BCUT2D eigenvalue weighted by Crippen LogP contribution is 2.29. The van der Waals surface area contributed by atoms with E-state index >= 15 is 0 Å². The summed E-state index contributed by atoms with van der Waals surface area (Å²) in [6.07, 6.45) is 1.17. The van der Waals surface area contributed by atoms with Gasteiger partial charge in [-0.3, -0.25) is 0 Å². The van der Waals surface area contributed by atoms with E-state index in [0.29, 0.717) is 12.1 Å². The van der Waals surface area contributed by atoms with E-state index in [1.807, 2.05) is 6.07 Å². The average Bonchev–Trinajstić information content (AvgIpc) is 2.75. The van der Waals surface area contributed by atoms with E-state index in [9.17, 15) is 10.2 Å². The van der Waals surface area contributed by atoms with E-state index in [1.54, 1.807) is 18.3 Å². The number of hydrogen-bond acceptors (Lipinski definition) is 3. The molecule has 1 aromatic carbocycles. The molecule has 2 rings (SSSR count). The molecule has 0 saturated carbocycles. The van der Waals surface area contributed by atoms with E-state index < -0.39 is 6.10 Å². The maximum atomic E-state index is 10.2. The number of phenolic OH excluding ortho intramolecular Hbond substituents is 1. The summed E-state index contributed by atoms with van der Waals surface area (Å²) in [5.41, 5.74) is 1.46. The quantitative estimate of drug-likeness (QED) is 0.673. The number of aliphatic hydroxyl groups excluding tert-OH is 1. The fourth-order valence-electron chi connectivity index (χ4n) is 1.97. The van der Waals surface area contributed by atoms with Gasteiger partial charge < -0.3 is 20.5 Å². The largest absolute Gasteiger partial charge is 0.506 e. The zero-order valence-electron chi connectivity index (χ0n) is 11.0. The topological polar surface area (TPSA) is 68.3 Å². The molecule has 18 heavy (non-hydrogen) atoms. The van der Waals surface area contributed by atoms with Gasteiger partial charge in [0.2, 0.25) is 0 Å². The van der Waals surface area contributed by atoms with Gasteiger partial charge >= 0.3 is 0 Å². The molecular weight excluding hydrogens is 228 g/mol. The highest BCUT2D eigenvalue weighted by Gasteiger charge is 2.16. The second-order valence-corrected chi connectivity index (χ2v) is 5.59. The van der Waals surface area contributed by atoms with Crippen LogP contribution >= 0.6 is 0 Å². The number of fused-ring (bicyclic) bond motifs is 1. The van der Waals surface area contributed by atoms with E-state index in [4.69, 9.17) is 0 Å². The Morgan fingerprint density at radius 2 is 2.00 bits per heavy atom. The Morgan fingerprint density at radius 3 is 2.67 bits per heavy atom. The third-order valence-electron chi connectivity index (χ3n) is 2.92. The Hall–Kier alpha value is -1.52. The average molecular weight is 248 g/mol. The summed E-state index contributed by atoms with van der Waals surface area (Å²) >= 11 is 0. The minimum Gasteiger partial charge on any atom is -0.506 e. The summed E-state index contributed by atoms with van der Waals surface area (Å²) in [6.45, 7) is 6.65. The van der Waals surface area contributed by atoms with Crippen molar-refractivity contribution in [3.05, 3.63) is 30.0 Å². The summed E-state index contributed by atoms with van der Waals surface area (Å²) in [5, 5.41) is 24.1. The molecule has 4 nitrogen and oxygen atoms in total. The molecule has 4 heteroatoms. The smallest absolute Gasteiger partial charge is 0.139 e. The van der Waals surface area contributed by atoms with Crippen LogP contribution in [0.4, 0.5) is 0 Å². The SMILES string of the molecule is CC(C)(C)NCC(O)c1ccc(O)c2[nH]ccc12. The monoisotopic (exact) mass is 248 g/mol. The third-order valence-corrected chi connectivity index (χ3v) is 2.92. The van der Waals surface area contributed by atoms with E-state index in [2.05, 4.69) is 31.1 Å². The fraction of sp³-hybridized carbons (Fsp3) is 0.429. The number of H-pyrrole nitrogens is 1. The molecule has 0 saturated heterocycles. The Morgan fingerprint density at radius 1 is 1.28 bits per heavy atom. The van der Waals surface area contributed by atoms with E-state index in [0.717, 1.165) is 10.9 Å². The van der Waals surface area contributed by atoms with Crippen molar-refractivity contribution < 1.29 is 10.2 Å². The summed E-state index contributed by atoms with van der Waals surface area (Å²) in [6, 6.07) is 5.24. The zero-order chi connectivity index (χ0) is 13.3. The fourth-order valence-corrected chi connectivity index (χ4v) is 1.97. The van der Waals surface area contributed by atoms with Gasteiger partial charge in [-0.25, -0.2) is 0 Å². The molecule has 0 fully saturated rings. The number of rotatable bonds is 3. The molecule has 0 bridgehead atoms. The summed E-state index contributed by atoms with van der Waals surface area (Å²) in [5.74, 6) is 0.203. The van der Waals surface area contributed by atoms with Crippen LogP contribution in [0.5, 0.6) is 5.75 Å². The van der Waals surface area contributed by atoms with Gasteiger partial charge in [0.1, 0.15) is 5.75 Å². The lowest BCUT2D eigenvalue weighted by Crippen LogP contribution is -2.38.